The van der Waals surface area contributed by atoms with Crippen LogP contribution in [0.5, 0.6) is 0 Å². The smallest absolute Gasteiger partial charge is 0.309 e. The van der Waals surface area contributed by atoms with Gasteiger partial charge >= 0.3 is 6.18 Å². The second-order valence-corrected chi connectivity index (χ2v) is 29.7. The summed E-state index contributed by atoms with van der Waals surface area (Å²) in [5.41, 5.74) is 14.2. The van der Waals surface area contributed by atoms with Crippen LogP contribution in [-0.2, 0) is 6.18 Å². The van der Waals surface area contributed by atoms with Crippen molar-refractivity contribution in [2.45, 2.75) is 6.18 Å². The Balaban J connectivity index is 0.834. The molecule has 0 bridgehead atoms. The Hall–Kier alpha value is -17.3. The predicted octanol–water partition coefficient (Wildman–Crippen LogP) is 25.4. The number of hydrogen-bond acceptors (Lipinski definition) is 13. The average Bonchev–Trinajstić information content (AvgIpc) is 1.55. The third-order valence-electron chi connectivity index (χ3n) is 22.0. The molecule has 16 nitrogen and oxygen atoms in total. The maximum atomic E-state index is 14.8. The van der Waals surface area contributed by atoms with Gasteiger partial charge < -0.3 is 9.13 Å². The second-order valence-electron chi connectivity index (χ2n) is 29.7. The van der Waals surface area contributed by atoms with E-state index < -0.39 is 11.7 Å². The number of fused-ring (bicyclic) bond motifs is 6. The number of halogens is 3. The largest absolute Gasteiger partial charge is 0.415 e. The van der Waals surface area contributed by atoms with Crippen molar-refractivity contribution >= 4 is 49.3 Å². The minimum atomic E-state index is -4.74. The van der Waals surface area contributed by atoms with Crippen molar-refractivity contribution in [3.8, 4) is 176 Å². The first-order chi connectivity index (χ1) is 60.9. The van der Waals surface area contributed by atoms with Crippen LogP contribution in [0.1, 0.15) is 11.1 Å². The summed E-state index contributed by atoms with van der Waals surface area (Å²) in [5.74, 6) is 5.44. The lowest BCUT2D eigenvalue weighted by molar-refractivity contribution is -0.137. The first kappa shape index (κ1) is 74.3. The lowest BCUT2D eigenvalue weighted by Gasteiger charge is -2.20. The molecular weight excluding hydrogens is 1540 g/mol. The molecule has 6 heterocycles. The molecule has 0 N–H and O–H groups in total. The average molecular weight is 1600 g/mol. The Morgan fingerprint density at radius 2 is 0.476 bits per heavy atom. The summed E-state index contributed by atoms with van der Waals surface area (Å²) in [4.78, 5) is 65.8. The van der Waals surface area contributed by atoms with E-state index in [9.17, 15) is 18.4 Å². The number of benzene rings is 15. The first-order valence-electron chi connectivity index (χ1n) is 39.9. The molecule has 0 aliphatic heterocycles. The highest BCUT2D eigenvalue weighted by molar-refractivity contribution is 6.14. The normalized spacial score (nSPS) is 11.5. The van der Waals surface area contributed by atoms with Gasteiger partial charge in [-0.05, 0) is 108 Å². The topological polar surface area (TPSA) is 193 Å². The number of alkyl halides is 3. The van der Waals surface area contributed by atoms with Gasteiger partial charge in [-0.15, -0.1) is 0 Å². The van der Waals surface area contributed by atoms with Gasteiger partial charge in [-0.2, -0.15) is 18.4 Å². The quantitative estimate of drug-likeness (QED) is 0.0831. The Morgan fingerprint density at radius 1 is 0.242 bits per heavy atom. The molecule has 0 aliphatic carbocycles. The predicted molar refractivity (Wildman–Crippen MR) is 481 cm³/mol. The van der Waals surface area contributed by atoms with Gasteiger partial charge in [0, 0.05) is 105 Å². The fourth-order valence-electron chi connectivity index (χ4n) is 16.0. The number of hydrogen-bond donors (Lipinski definition) is 0. The Morgan fingerprint density at radius 3 is 0.726 bits per heavy atom. The molecule has 582 valence electrons. The van der Waals surface area contributed by atoms with E-state index in [1.54, 1.807) is 6.07 Å². The lowest BCUT2D eigenvalue weighted by atomic mass is 9.94. The molecule has 15 aromatic carbocycles. The second kappa shape index (κ2) is 31.2. The molecule has 0 spiro atoms. The summed E-state index contributed by atoms with van der Waals surface area (Å²) in [7, 11) is 0. The van der Waals surface area contributed by atoms with Crippen molar-refractivity contribution < 1.29 is 13.2 Å². The molecule has 0 saturated heterocycles. The summed E-state index contributed by atoms with van der Waals surface area (Å²) in [6, 6.07) is 120. The number of aromatic nitrogens is 14. The minimum absolute atomic E-state index is 0.202. The standard InChI is InChI=1S/C105H61F3N16/c1-110-86-62-78(105(106,107)108)48-51-79(86)73-43-50-81(92(61-73)124-89-54-46-76(103-119-97(69-34-18-6-19-35-69)113-98(120-103)70-36-20-7-21-37-70)59-84(89)85-60-77(47-55-90(85)124)104-121-99(71-38-22-8-23-39-71)114-100(122-104)72-40-24-9-25-41-72)80-49-42-64(63-109)56-91(80)123-87-52-44-74(101-115-93(65-26-10-2-11-27-65)111-94(116-101)66-28-12-3-13-29-66)57-82(87)83-58-75(45-53-88(83)123)102-117-95(67-30-14-4-15-31-67)112-96(118-102)68-32-16-5-17-33-68/h2-62H. The van der Waals surface area contributed by atoms with Crippen LogP contribution in [0.2, 0.25) is 0 Å². The summed E-state index contributed by atoms with van der Waals surface area (Å²) in [6.45, 7) is 8.51. The van der Waals surface area contributed by atoms with Crippen molar-refractivity contribution in [3.05, 3.63) is 393 Å². The molecule has 21 rings (SSSR count). The van der Waals surface area contributed by atoms with E-state index in [0.29, 0.717) is 137 Å². The van der Waals surface area contributed by atoms with Crippen molar-refractivity contribution in [2.75, 3.05) is 0 Å². The number of nitrogens with zero attached hydrogens (tertiary/aromatic N) is 16. The first-order valence-corrected chi connectivity index (χ1v) is 39.9. The Labute approximate surface area is 707 Å². The van der Waals surface area contributed by atoms with Gasteiger partial charge in [-0.1, -0.05) is 273 Å². The fraction of sp³-hybridized carbons (Fsp3) is 0.00952. The van der Waals surface area contributed by atoms with Gasteiger partial charge in [0.15, 0.2) is 75.6 Å². The van der Waals surface area contributed by atoms with Crippen LogP contribution in [0.3, 0.4) is 0 Å². The summed E-state index contributed by atoms with van der Waals surface area (Å²) in [6.07, 6.45) is -4.74. The highest BCUT2D eigenvalue weighted by Crippen LogP contribution is 2.47. The molecule has 0 fully saturated rings. The Kier molecular flexibility index (Phi) is 18.7. The fourth-order valence-corrected chi connectivity index (χ4v) is 16.0. The van der Waals surface area contributed by atoms with E-state index in [4.69, 9.17) is 66.4 Å². The van der Waals surface area contributed by atoms with Crippen molar-refractivity contribution in [2.24, 2.45) is 0 Å². The number of nitriles is 1. The van der Waals surface area contributed by atoms with Crippen LogP contribution in [0.15, 0.2) is 370 Å². The van der Waals surface area contributed by atoms with Gasteiger partial charge in [0.25, 0.3) is 0 Å². The van der Waals surface area contributed by atoms with Crippen molar-refractivity contribution in [3.63, 3.8) is 0 Å². The van der Waals surface area contributed by atoms with Gasteiger partial charge in [-0.25, -0.2) is 64.7 Å². The molecule has 0 atom stereocenters. The maximum absolute atomic E-state index is 14.8. The van der Waals surface area contributed by atoms with Crippen molar-refractivity contribution in [1.82, 2.24) is 68.9 Å². The molecule has 0 saturated carbocycles. The number of rotatable bonds is 16. The SMILES string of the molecule is [C-]#[N+]c1cc(C(F)(F)F)ccc1-c1ccc(-c2ccc(C#N)cc2-n2c3ccc(-c4nc(-c5ccccc5)nc(-c5ccccc5)n4)cc3c3cc(-c4nc(-c5ccccc5)nc(-c5ccccc5)n4)ccc32)c(-n2c3ccc(-c4nc(-c5ccccc5)nc(-c5ccccc5)n4)cc3c3cc(-c4nc(-c5ccccc5)nc(-c5ccccc5)n4)ccc32)c1. The van der Waals surface area contributed by atoms with E-state index in [0.717, 1.165) is 89.2 Å². The van der Waals surface area contributed by atoms with Crippen LogP contribution >= 0.6 is 0 Å². The third-order valence-corrected chi connectivity index (χ3v) is 22.0. The van der Waals surface area contributed by atoms with Crippen molar-refractivity contribution in [1.29, 1.82) is 5.26 Å². The molecule has 124 heavy (non-hydrogen) atoms. The van der Waals surface area contributed by atoms with Gasteiger partial charge in [0.1, 0.15) is 0 Å². The summed E-state index contributed by atoms with van der Waals surface area (Å²) >= 11 is 0. The van der Waals surface area contributed by atoms with Gasteiger partial charge in [-0.3, -0.25) is 0 Å². The molecule has 0 radical (unpaired) electrons. The molecular formula is C105H61F3N16. The molecule has 0 aliphatic rings. The molecule has 0 amide bonds. The van der Waals surface area contributed by atoms with E-state index in [1.165, 1.54) is 6.07 Å². The van der Waals surface area contributed by atoms with E-state index in [2.05, 4.69) is 44.3 Å². The minimum Gasteiger partial charge on any atom is -0.309 e. The van der Waals surface area contributed by atoms with E-state index in [1.807, 2.05) is 322 Å². The Bertz CT molecular complexity index is 7240. The maximum Gasteiger partial charge on any atom is 0.415 e. The monoisotopic (exact) mass is 1600 g/mol. The van der Waals surface area contributed by atoms with Crippen LogP contribution in [0.4, 0.5) is 18.9 Å². The van der Waals surface area contributed by atoms with Crippen LogP contribution < -0.4 is 0 Å². The van der Waals surface area contributed by atoms with Gasteiger partial charge in [0.2, 0.25) is 0 Å². The zero-order valence-electron chi connectivity index (χ0n) is 65.5. The lowest BCUT2D eigenvalue weighted by Crippen LogP contribution is -2.04. The van der Waals surface area contributed by atoms with Crippen LogP contribution in [0, 0.1) is 17.9 Å². The van der Waals surface area contributed by atoms with Crippen LogP contribution in [0.25, 0.3) is 219 Å². The zero-order valence-corrected chi connectivity index (χ0v) is 65.5. The third kappa shape index (κ3) is 14.0. The zero-order chi connectivity index (χ0) is 83.4. The van der Waals surface area contributed by atoms with Gasteiger partial charge in [0.05, 0.1) is 51.6 Å². The molecule has 6 aromatic heterocycles. The molecule has 21 aromatic rings. The summed E-state index contributed by atoms with van der Waals surface area (Å²) in [5, 5.41) is 14.3. The molecule has 0 unspecified atom stereocenters. The van der Waals surface area contributed by atoms with E-state index >= 15 is 0 Å². The van der Waals surface area contributed by atoms with Crippen LogP contribution in [-0.4, -0.2) is 68.9 Å². The highest BCUT2D eigenvalue weighted by atomic mass is 19.4. The summed E-state index contributed by atoms with van der Waals surface area (Å²) < 4.78 is 48.7. The van der Waals surface area contributed by atoms with E-state index in [-0.39, 0.29) is 11.3 Å². The molecule has 19 heteroatoms. The highest BCUT2D eigenvalue weighted by Gasteiger charge is 2.32.